The maximum absolute atomic E-state index is 12.4. The molecule has 3 rings (SSSR count). The van der Waals surface area contributed by atoms with Crippen LogP contribution in [0.5, 0.6) is 0 Å². The molecule has 2 N–H and O–H groups in total. The second-order valence-electron chi connectivity index (χ2n) is 6.06. The number of ether oxygens (including phenoxy) is 1. The third-order valence-corrected chi connectivity index (χ3v) is 4.40. The quantitative estimate of drug-likeness (QED) is 0.639. The van der Waals surface area contributed by atoms with Crippen LogP contribution in [0.4, 0.5) is 11.6 Å². The molecule has 0 saturated carbocycles. The zero-order chi connectivity index (χ0) is 17.8. The summed E-state index contributed by atoms with van der Waals surface area (Å²) in [6.45, 7) is 2.65. The number of hydrogen-bond acceptors (Lipinski definition) is 5. The van der Waals surface area contributed by atoms with Gasteiger partial charge in [0.2, 0.25) is 11.9 Å². The zero-order valence-corrected chi connectivity index (χ0v) is 13.9. The Labute approximate surface area is 144 Å². The molecule has 0 bridgehead atoms. The van der Waals surface area contributed by atoms with Crippen LogP contribution in [0, 0.1) is 16.0 Å². The summed E-state index contributed by atoms with van der Waals surface area (Å²) in [6.07, 6.45) is 4.05. The van der Waals surface area contributed by atoms with Crippen LogP contribution in [0.1, 0.15) is 26.2 Å². The van der Waals surface area contributed by atoms with E-state index in [4.69, 9.17) is 4.74 Å². The van der Waals surface area contributed by atoms with E-state index < -0.39 is 4.92 Å². The summed E-state index contributed by atoms with van der Waals surface area (Å²) in [5.41, 5.74) is 1.47. The molecule has 25 heavy (non-hydrogen) atoms. The lowest BCUT2D eigenvalue weighted by Crippen LogP contribution is -2.33. The first kappa shape index (κ1) is 17.1. The fourth-order valence-corrected chi connectivity index (χ4v) is 2.92. The topological polar surface area (TPSA) is 110 Å². The minimum Gasteiger partial charge on any atom is -0.378 e. The standard InChI is InChI=1S/C17H20N4O4/c1-2-14-9-12(7-8-25-14)16(22)20-17-18-10-15(19-17)11-3-5-13(6-4-11)21(23)24/h3-6,10,12,14H,2,7-9H2,1H3,(H2,18,19,20,22). The van der Waals surface area contributed by atoms with Gasteiger partial charge in [-0.25, -0.2) is 4.98 Å². The van der Waals surface area contributed by atoms with Gasteiger partial charge in [-0.3, -0.25) is 20.2 Å². The molecule has 0 radical (unpaired) electrons. The number of nitrogens with zero attached hydrogens (tertiary/aromatic N) is 2. The monoisotopic (exact) mass is 344 g/mol. The summed E-state index contributed by atoms with van der Waals surface area (Å²) in [5.74, 6) is 0.232. The van der Waals surface area contributed by atoms with Gasteiger partial charge in [-0.15, -0.1) is 0 Å². The first-order chi connectivity index (χ1) is 12.1. The Hall–Kier alpha value is -2.74. The smallest absolute Gasteiger partial charge is 0.269 e. The maximum atomic E-state index is 12.4. The molecule has 1 aromatic heterocycles. The van der Waals surface area contributed by atoms with Crippen LogP contribution < -0.4 is 5.32 Å². The first-order valence-electron chi connectivity index (χ1n) is 8.29. The van der Waals surface area contributed by atoms with Crippen LogP contribution in [0.3, 0.4) is 0 Å². The molecule has 132 valence electrons. The number of carbonyl (C=O) groups is 1. The second kappa shape index (κ2) is 7.43. The minimum atomic E-state index is -0.445. The Bertz CT molecular complexity index is 756. The van der Waals surface area contributed by atoms with E-state index in [1.54, 1.807) is 18.3 Å². The van der Waals surface area contributed by atoms with Crippen molar-refractivity contribution >= 4 is 17.5 Å². The highest BCUT2D eigenvalue weighted by Gasteiger charge is 2.27. The lowest BCUT2D eigenvalue weighted by atomic mass is 9.93. The van der Waals surface area contributed by atoms with Crippen molar-refractivity contribution in [3.05, 3.63) is 40.6 Å². The van der Waals surface area contributed by atoms with E-state index in [9.17, 15) is 14.9 Å². The summed E-state index contributed by atoms with van der Waals surface area (Å²) in [5, 5.41) is 13.5. The summed E-state index contributed by atoms with van der Waals surface area (Å²) < 4.78 is 5.59. The normalized spacial score (nSPS) is 20.2. The number of anilines is 1. The van der Waals surface area contributed by atoms with E-state index in [0.717, 1.165) is 18.4 Å². The van der Waals surface area contributed by atoms with Crippen LogP contribution in [0.15, 0.2) is 30.5 Å². The highest BCUT2D eigenvalue weighted by molar-refractivity contribution is 5.91. The molecule has 1 fully saturated rings. The molecular formula is C17H20N4O4. The molecule has 1 aromatic carbocycles. The van der Waals surface area contributed by atoms with E-state index in [1.165, 1.54) is 12.1 Å². The largest absolute Gasteiger partial charge is 0.378 e. The molecular weight excluding hydrogens is 324 g/mol. The lowest BCUT2D eigenvalue weighted by Gasteiger charge is -2.27. The van der Waals surface area contributed by atoms with Gasteiger partial charge in [-0.05, 0) is 31.4 Å². The number of nitro groups is 1. The van der Waals surface area contributed by atoms with Crippen molar-refractivity contribution in [2.24, 2.45) is 5.92 Å². The van der Waals surface area contributed by atoms with E-state index in [2.05, 4.69) is 15.3 Å². The second-order valence-corrected chi connectivity index (χ2v) is 6.06. The highest BCUT2D eigenvalue weighted by Crippen LogP contribution is 2.25. The molecule has 8 heteroatoms. The average Bonchev–Trinajstić information content (AvgIpc) is 3.10. The van der Waals surface area contributed by atoms with Crippen LogP contribution in [0.2, 0.25) is 0 Å². The molecule has 2 atom stereocenters. The summed E-state index contributed by atoms with van der Waals surface area (Å²) in [6, 6.07) is 6.14. The molecule has 0 aliphatic carbocycles. The molecule has 0 spiro atoms. The number of aromatic amines is 1. The molecule has 2 aromatic rings. The maximum Gasteiger partial charge on any atom is 0.269 e. The van der Waals surface area contributed by atoms with Gasteiger partial charge in [-0.2, -0.15) is 0 Å². The van der Waals surface area contributed by atoms with Gasteiger partial charge in [0.25, 0.3) is 5.69 Å². The van der Waals surface area contributed by atoms with Crippen molar-refractivity contribution in [2.45, 2.75) is 32.3 Å². The number of non-ortho nitro benzene ring substituents is 1. The predicted molar refractivity (Wildman–Crippen MR) is 92.1 cm³/mol. The number of benzene rings is 1. The zero-order valence-electron chi connectivity index (χ0n) is 13.9. The van der Waals surface area contributed by atoms with Crippen molar-refractivity contribution in [3.8, 4) is 11.3 Å². The van der Waals surface area contributed by atoms with Gasteiger partial charge in [0, 0.05) is 30.2 Å². The molecule has 2 unspecified atom stereocenters. The molecule has 8 nitrogen and oxygen atoms in total. The fraction of sp³-hybridized carbons (Fsp3) is 0.412. The van der Waals surface area contributed by atoms with E-state index in [-0.39, 0.29) is 23.6 Å². The van der Waals surface area contributed by atoms with Gasteiger partial charge in [0.05, 0.1) is 22.9 Å². The Balaban J connectivity index is 1.65. The minimum absolute atomic E-state index is 0.0294. The van der Waals surface area contributed by atoms with Crippen molar-refractivity contribution in [1.29, 1.82) is 0 Å². The fourth-order valence-electron chi connectivity index (χ4n) is 2.92. The van der Waals surface area contributed by atoms with Crippen molar-refractivity contribution in [1.82, 2.24) is 9.97 Å². The average molecular weight is 344 g/mol. The summed E-state index contributed by atoms with van der Waals surface area (Å²) in [4.78, 5) is 29.8. The SMILES string of the molecule is CCC1CC(C(=O)Nc2ncc(-c3ccc([N+](=O)[O-])cc3)[nH]2)CCO1. The van der Waals surface area contributed by atoms with Gasteiger partial charge in [0.15, 0.2) is 0 Å². The van der Waals surface area contributed by atoms with Crippen LogP contribution in [0.25, 0.3) is 11.3 Å². The van der Waals surface area contributed by atoms with Crippen LogP contribution >= 0.6 is 0 Å². The highest BCUT2D eigenvalue weighted by atomic mass is 16.6. The van der Waals surface area contributed by atoms with Gasteiger partial charge >= 0.3 is 0 Å². The number of amides is 1. The van der Waals surface area contributed by atoms with Gasteiger partial charge < -0.3 is 9.72 Å². The molecule has 1 aliphatic rings. The number of rotatable bonds is 5. The Morgan fingerprint density at radius 2 is 2.20 bits per heavy atom. The van der Waals surface area contributed by atoms with Crippen molar-refractivity contribution in [3.63, 3.8) is 0 Å². The van der Waals surface area contributed by atoms with Gasteiger partial charge in [-0.1, -0.05) is 6.92 Å². The molecule has 1 aliphatic heterocycles. The molecule has 1 amide bonds. The number of imidazole rings is 1. The summed E-state index contributed by atoms with van der Waals surface area (Å²) >= 11 is 0. The third kappa shape index (κ3) is 4.03. The van der Waals surface area contributed by atoms with E-state index in [0.29, 0.717) is 24.7 Å². The third-order valence-electron chi connectivity index (χ3n) is 4.40. The molecule has 1 saturated heterocycles. The Morgan fingerprint density at radius 3 is 2.88 bits per heavy atom. The van der Waals surface area contributed by atoms with Crippen molar-refractivity contribution < 1.29 is 14.5 Å². The van der Waals surface area contributed by atoms with E-state index >= 15 is 0 Å². The number of nitro benzene ring substituents is 1. The number of carbonyl (C=O) groups excluding carboxylic acids is 1. The number of H-pyrrole nitrogens is 1. The van der Waals surface area contributed by atoms with Crippen molar-refractivity contribution in [2.75, 3.05) is 11.9 Å². The Morgan fingerprint density at radius 1 is 1.44 bits per heavy atom. The molecule has 2 heterocycles. The van der Waals surface area contributed by atoms with Crippen LogP contribution in [-0.4, -0.2) is 33.5 Å². The van der Waals surface area contributed by atoms with Crippen LogP contribution in [-0.2, 0) is 9.53 Å². The Kier molecular flexibility index (Phi) is 5.08. The lowest BCUT2D eigenvalue weighted by molar-refractivity contribution is -0.384. The number of nitrogens with one attached hydrogen (secondary N) is 2. The van der Waals surface area contributed by atoms with E-state index in [1.807, 2.05) is 6.92 Å². The first-order valence-corrected chi connectivity index (χ1v) is 8.29. The van der Waals surface area contributed by atoms with Gasteiger partial charge in [0.1, 0.15) is 0 Å². The number of hydrogen-bond donors (Lipinski definition) is 2. The predicted octanol–water partition coefficient (Wildman–Crippen LogP) is 3.13. The summed E-state index contributed by atoms with van der Waals surface area (Å²) in [7, 11) is 0. The number of aromatic nitrogens is 2.